The normalized spacial score (nSPS) is 17.4. The number of rotatable bonds is 3. The third-order valence-corrected chi connectivity index (χ3v) is 3.64. The van der Waals surface area contributed by atoms with Crippen molar-refractivity contribution in [1.29, 1.82) is 0 Å². The molecule has 1 aliphatic heterocycles. The van der Waals surface area contributed by atoms with E-state index in [1.807, 2.05) is 12.3 Å². The van der Waals surface area contributed by atoms with Gasteiger partial charge in [0.2, 0.25) is 0 Å². The van der Waals surface area contributed by atoms with Gasteiger partial charge in [0.15, 0.2) is 0 Å². The summed E-state index contributed by atoms with van der Waals surface area (Å²) in [4.78, 5) is 5.62. The summed E-state index contributed by atoms with van der Waals surface area (Å²) in [6.45, 7) is 5.48. The highest BCUT2D eigenvalue weighted by atomic mass is 19.1. The van der Waals surface area contributed by atoms with Crippen molar-refractivity contribution >= 4 is 10.9 Å². The van der Waals surface area contributed by atoms with E-state index in [9.17, 15) is 4.39 Å². The van der Waals surface area contributed by atoms with Crippen LogP contribution in [-0.4, -0.2) is 42.6 Å². The van der Waals surface area contributed by atoms with Crippen molar-refractivity contribution in [2.45, 2.75) is 6.42 Å². The summed E-state index contributed by atoms with van der Waals surface area (Å²) in [5.41, 5.74) is 2.17. The topological polar surface area (TPSA) is 31.1 Å². The summed E-state index contributed by atoms with van der Waals surface area (Å²) >= 11 is 0. The first-order valence-corrected chi connectivity index (χ1v) is 6.51. The largest absolute Gasteiger partial charge is 0.361 e. The number of aromatic amines is 1. The Morgan fingerprint density at radius 1 is 1.22 bits per heavy atom. The Morgan fingerprint density at radius 3 is 2.89 bits per heavy atom. The van der Waals surface area contributed by atoms with Gasteiger partial charge in [-0.25, -0.2) is 4.39 Å². The number of benzene rings is 1. The number of fused-ring (bicyclic) bond motifs is 1. The fourth-order valence-corrected chi connectivity index (χ4v) is 2.58. The number of nitrogens with zero attached hydrogens (tertiary/aromatic N) is 1. The second kappa shape index (κ2) is 5.08. The first-order valence-electron chi connectivity index (χ1n) is 6.51. The van der Waals surface area contributed by atoms with E-state index in [1.165, 1.54) is 11.6 Å². The van der Waals surface area contributed by atoms with E-state index in [0.29, 0.717) is 0 Å². The van der Waals surface area contributed by atoms with Gasteiger partial charge >= 0.3 is 0 Å². The predicted molar refractivity (Wildman–Crippen MR) is 71.3 cm³/mol. The van der Waals surface area contributed by atoms with Gasteiger partial charge in [0.05, 0.1) is 0 Å². The third-order valence-electron chi connectivity index (χ3n) is 3.64. The lowest BCUT2D eigenvalue weighted by Gasteiger charge is -2.26. The quantitative estimate of drug-likeness (QED) is 0.866. The Bertz CT molecular complexity index is 529. The summed E-state index contributed by atoms with van der Waals surface area (Å²) in [6, 6.07) is 4.96. The molecule has 1 aromatic heterocycles. The standard InChI is InChI=1S/C14H18FN3/c15-12-1-2-13-11(10-17-14(13)9-12)3-6-18-7-4-16-5-8-18/h1-2,9-10,16-17H,3-8H2. The molecule has 18 heavy (non-hydrogen) atoms. The highest BCUT2D eigenvalue weighted by Crippen LogP contribution is 2.19. The summed E-state index contributed by atoms with van der Waals surface area (Å²) in [5.74, 6) is -0.182. The van der Waals surface area contributed by atoms with Crippen molar-refractivity contribution in [3.63, 3.8) is 0 Å². The monoisotopic (exact) mass is 247 g/mol. The van der Waals surface area contributed by atoms with Gasteiger partial charge in [-0.05, 0) is 30.2 Å². The molecule has 0 saturated carbocycles. The average Bonchev–Trinajstić information content (AvgIpc) is 2.80. The van der Waals surface area contributed by atoms with Crippen LogP contribution in [-0.2, 0) is 6.42 Å². The van der Waals surface area contributed by atoms with E-state index < -0.39 is 0 Å². The fourth-order valence-electron chi connectivity index (χ4n) is 2.58. The van der Waals surface area contributed by atoms with Gasteiger partial charge in [0.1, 0.15) is 5.82 Å². The van der Waals surface area contributed by atoms with Crippen molar-refractivity contribution in [2.75, 3.05) is 32.7 Å². The summed E-state index contributed by atoms with van der Waals surface area (Å²) in [5, 5.41) is 4.50. The minimum atomic E-state index is -0.182. The van der Waals surface area contributed by atoms with Crippen molar-refractivity contribution in [1.82, 2.24) is 15.2 Å². The van der Waals surface area contributed by atoms with Gasteiger partial charge < -0.3 is 15.2 Å². The zero-order valence-corrected chi connectivity index (χ0v) is 10.4. The Kier molecular flexibility index (Phi) is 3.30. The van der Waals surface area contributed by atoms with Crippen LogP contribution in [0.2, 0.25) is 0 Å². The van der Waals surface area contributed by atoms with E-state index in [0.717, 1.165) is 50.0 Å². The number of H-pyrrole nitrogens is 1. The Labute approximate surface area is 106 Å². The van der Waals surface area contributed by atoms with Gasteiger partial charge in [-0.1, -0.05) is 0 Å². The molecule has 0 bridgehead atoms. The molecule has 2 N–H and O–H groups in total. The summed E-state index contributed by atoms with van der Waals surface area (Å²) in [6.07, 6.45) is 3.03. The molecule has 4 heteroatoms. The van der Waals surface area contributed by atoms with Gasteiger partial charge in [-0.15, -0.1) is 0 Å². The molecule has 0 unspecified atom stereocenters. The van der Waals surface area contributed by atoms with Crippen LogP contribution in [0.25, 0.3) is 10.9 Å². The molecule has 0 radical (unpaired) electrons. The van der Waals surface area contributed by atoms with E-state index in [-0.39, 0.29) is 5.82 Å². The maximum atomic E-state index is 13.1. The lowest BCUT2D eigenvalue weighted by Crippen LogP contribution is -2.44. The lowest BCUT2D eigenvalue weighted by atomic mass is 10.1. The van der Waals surface area contributed by atoms with Crippen LogP contribution in [0, 0.1) is 5.82 Å². The first-order chi connectivity index (χ1) is 8.83. The number of piperazine rings is 1. The molecule has 2 heterocycles. The molecule has 1 saturated heterocycles. The molecule has 3 nitrogen and oxygen atoms in total. The third kappa shape index (κ3) is 2.40. The molecule has 0 spiro atoms. The van der Waals surface area contributed by atoms with E-state index in [4.69, 9.17) is 0 Å². The number of hydrogen-bond donors (Lipinski definition) is 2. The van der Waals surface area contributed by atoms with Crippen LogP contribution in [0.15, 0.2) is 24.4 Å². The maximum absolute atomic E-state index is 13.1. The van der Waals surface area contributed by atoms with Crippen LogP contribution >= 0.6 is 0 Å². The second-order valence-electron chi connectivity index (χ2n) is 4.85. The van der Waals surface area contributed by atoms with Crippen molar-refractivity contribution in [3.8, 4) is 0 Å². The van der Waals surface area contributed by atoms with Crippen molar-refractivity contribution in [3.05, 3.63) is 35.8 Å². The van der Waals surface area contributed by atoms with E-state index in [1.54, 1.807) is 6.07 Å². The zero-order chi connectivity index (χ0) is 12.4. The number of halogens is 1. The predicted octanol–water partition coefficient (Wildman–Crippen LogP) is 1.75. The van der Waals surface area contributed by atoms with Crippen molar-refractivity contribution in [2.24, 2.45) is 0 Å². The van der Waals surface area contributed by atoms with Gasteiger partial charge in [0.25, 0.3) is 0 Å². The SMILES string of the molecule is Fc1ccc2c(CCN3CCNCC3)c[nH]c2c1. The zero-order valence-electron chi connectivity index (χ0n) is 10.4. The molecule has 3 rings (SSSR count). The smallest absolute Gasteiger partial charge is 0.125 e. The Morgan fingerprint density at radius 2 is 2.06 bits per heavy atom. The van der Waals surface area contributed by atoms with E-state index >= 15 is 0 Å². The first kappa shape index (κ1) is 11.7. The number of aromatic nitrogens is 1. The Balaban J connectivity index is 1.70. The van der Waals surface area contributed by atoms with Gasteiger partial charge in [0, 0.05) is 49.8 Å². The van der Waals surface area contributed by atoms with Gasteiger partial charge in [-0.3, -0.25) is 0 Å². The highest BCUT2D eigenvalue weighted by molar-refractivity contribution is 5.83. The fraction of sp³-hybridized carbons (Fsp3) is 0.429. The van der Waals surface area contributed by atoms with Gasteiger partial charge in [-0.2, -0.15) is 0 Å². The van der Waals surface area contributed by atoms with Crippen LogP contribution < -0.4 is 5.32 Å². The molecule has 0 atom stereocenters. The van der Waals surface area contributed by atoms with Crippen molar-refractivity contribution < 1.29 is 4.39 Å². The van der Waals surface area contributed by atoms with Crippen LogP contribution in [0.5, 0.6) is 0 Å². The number of nitrogens with one attached hydrogen (secondary N) is 2. The second-order valence-corrected chi connectivity index (χ2v) is 4.85. The molecule has 0 amide bonds. The Hall–Kier alpha value is -1.39. The van der Waals surface area contributed by atoms with Crippen LogP contribution in [0.1, 0.15) is 5.56 Å². The van der Waals surface area contributed by atoms with Crippen LogP contribution in [0.4, 0.5) is 4.39 Å². The summed E-state index contributed by atoms with van der Waals surface area (Å²) < 4.78 is 13.1. The minimum Gasteiger partial charge on any atom is -0.361 e. The molecule has 1 aromatic carbocycles. The molecule has 1 aliphatic rings. The minimum absolute atomic E-state index is 0.182. The number of hydrogen-bond acceptors (Lipinski definition) is 2. The average molecular weight is 247 g/mol. The summed E-state index contributed by atoms with van der Waals surface area (Å²) in [7, 11) is 0. The lowest BCUT2D eigenvalue weighted by molar-refractivity contribution is 0.244. The maximum Gasteiger partial charge on any atom is 0.125 e. The molecule has 1 fully saturated rings. The molecular formula is C14H18FN3. The molecule has 2 aromatic rings. The van der Waals surface area contributed by atoms with E-state index in [2.05, 4.69) is 15.2 Å². The molecular weight excluding hydrogens is 229 g/mol. The molecule has 0 aliphatic carbocycles. The highest BCUT2D eigenvalue weighted by Gasteiger charge is 2.10. The van der Waals surface area contributed by atoms with Crippen LogP contribution in [0.3, 0.4) is 0 Å². The molecule has 96 valence electrons.